The van der Waals surface area contributed by atoms with Crippen LogP contribution in [-0.4, -0.2) is 44.3 Å². The molecule has 3 N–H and O–H groups in total. The van der Waals surface area contributed by atoms with E-state index < -0.39 is 10.2 Å². The van der Waals surface area contributed by atoms with Crippen LogP contribution in [0, 0.1) is 0 Å². The number of anilines is 1. The van der Waals surface area contributed by atoms with Gasteiger partial charge in [-0.15, -0.1) is 4.40 Å². The molecule has 9 heteroatoms. The van der Waals surface area contributed by atoms with Crippen LogP contribution in [0.4, 0.5) is 5.69 Å². The van der Waals surface area contributed by atoms with Crippen molar-refractivity contribution in [2.45, 2.75) is 25.8 Å². The maximum absolute atomic E-state index is 11.6. The van der Waals surface area contributed by atoms with Crippen molar-refractivity contribution in [2.75, 3.05) is 17.9 Å². The minimum Gasteiger partial charge on any atom is -0.491 e. The zero-order valence-electron chi connectivity index (χ0n) is 12.7. The number of hydrogen-bond acceptors (Lipinski definition) is 5. The van der Waals surface area contributed by atoms with Gasteiger partial charge in [0.25, 0.3) is 0 Å². The molecule has 3 rings (SSSR count). The fraction of sp³-hybridized carbons (Fsp3) is 0.429. The molecule has 1 unspecified atom stereocenters. The molecule has 0 radical (unpaired) electrons. The first kappa shape index (κ1) is 15.6. The van der Waals surface area contributed by atoms with E-state index in [1.54, 1.807) is 30.0 Å². The fourth-order valence-corrected chi connectivity index (χ4v) is 3.79. The molecule has 1 atom stereocenters. The Kier molecular flexibility index (Phi) is 3.88. The third-order valence-corrected chi connectivity index (χ3v) is 4.87. The molecule has 0 bridgehead atoms. The number of carbonyl (C=O) groups excluding carboxylic acids is 1. The van der Waals surface area contributed by atoms with Gasteiger partial charge in [-0.25, -0.2) is 0 Å². The van der Waals surface area contributed by atoms with Crippen molar-refractivity contribution in [3.63, 3.8) is 0 Å². The molecule has 0 saturated carbocycles. The van der Waals surface area contributed by atoms with Gasteiger partial charge in [-0.2, -0.15) is 8.42 Å². The van der Waals surface area contributed by atoms with Gasteiger partial charge in [0, 0.05) is 13.5 Å². The van der Waals surface area contributed by atoms with E-state index in [2.05, 4.69) is 9.12 Å². The first-order valence-electron chi connectivity index (χ1n) is 7.29. The molecule has 2 heterocycles. The minimum absolute atomic E-state index is 0.0156. The van der Waals surface area contributed by atoms with Gasteiger partial charge in [0.15, 0.2) is 5.84 Å². The highest BCUT2D eigenvalue weighted by atomic mass is 32.2. The van der Waals surface area contributed by atoms with E-state index in [4.69, 9.17) is 10.5 Å². The molecule has 1 fully saturated rings. The summed E-state index contributed by atoms with van der Waals surface area (Å²) in [5, 5.41) is 0. The van der Waals surface area contributed by atoms with Crippen molar-refractivity contribution < 1.29 is 17.9 Å². The number of benzene rings is 1. The molecular weight excluding hydrogens is 320 g/mol. The normalized spacial score (nSPS) is 22.0. The molecule has 1 amide bonds. The van der Waals surface area contributed by atoms with Crippen molar-refractivity contribution in [2.24, 2.45) is 10.1 Å². The highest BCUT2D eigenvalue weighted by Gasteiger charge is 2.28. The van der Waals surface area contributed by atoms with Crippen LogP contribution < -0.4 is 15.2 Å². The lowest BCUT2D eigenvalue weighted by molar-refractivity contribution is -0.130. The van der Waals surface area contributed by atoms with Gasteiger partial charge in [0.1, 0.15) is 12.4 Å². The first-order valence-corrected chi connectivity index (χ1v) is 8.73. The van der Waals surface area contributed by atoms with Crippen molar-refractivity contribution in [1.82, 2.24) is 4.90 Å². The molecule has 2 aliphatic rings. The predicted octanol–water partition coefficient (Wildman–Crippen LogP) is 0.452. The number of nitrogens with one attached hydrogen (secondary N) is 1. The van der Waals surface area contributed by atoms with Crippen molar-refractivity contribution in [3.8, 4) is 5.75 Å². The summed E-state index contributed by atoms with van der Waals surface area (Å²) in [5.41, 5.74) is 6.53. The number of likely N-dealkylation sites (tertiary alicyclic amines) is 1. The van der Waals surface area contributed by atoms with E-state index in [1.165, 1.54) is 0 Å². The Morgan fingerprint density at radius 2 is 2.30 bits per heavy atom. The smallest absolute Gasteiger partial charge is 0.344 e. The van der Waals surface area contributed by atoms with E-state index in [0.717, 1.165) is 19.4 Å². The summed E-state index contributed by atoms with van der Waals surface area (Å²) in [6.45, 7) is 2.61. The number of nitrogens with zero attached hydrogens (tertiary/aromatic N) is 2. The second kappa shape index (κ2) is 5.73. The van der Waals surface area contributed by atoms with Gasteiger partial charge in [-0.3, -0.25) is 9.52 Å². The molecule has 0 aliphatic carbocycles. The van der Waals surface area contributed by atoms with Gasteiger partial charge in [0.2, 0.25) is 5.91 Å². The molecule has 0 aromatic heterocycles. The first-order chi connectivity index (χ1) is 10.9. The van der Waals surface area contributed by atoms with Crippen LogP contribution in [-0.2, 0) is 15.0 Å². The van der Waals surface area contributed by atoms with Crippen LogP contribution in [0.15, 0.2) is 22.6 Å². The monoisotopic (exact) mass is 338 g/mol. The van der Waals surface area contributed by atoms with Crippen molar-refractivity contribution >= 4 is 27.6 Å². The lowest BCUT2D eigenvalue weighted by Gasteiger charge is -2.25. The standard InChI is InChI=1S/C14H18N4O4S/c1-9(19)18-7-3-4-10(18)8-22-12-6-2-5-11-13(12)14(15)17-23(20,21)16-11/h2,5-6,10,16H,3-4,7-8H2,1H3,(H2,15,17). The van der Waals surface area contributed by atoms with E-state index in [-0.39, 0.29) is 17.8 Å². The lowest BCUT2D eigenvalue weighted by Crippen LogP contribution is -2.37. The van der Waals surface area contributed by atoms with Gasteiger partial charge < -0.3 is 15.4 Å². The van der Waals surface area contributed by atoms with Gasteiger partial charge in [-0.1, -0.05) is 6.07 Å². The summed E-state index contributed by atoms with van der Waals surface area (Å²) >= 11 is 0. The third-order valence-electron chi connectivity index (χ3n) is 3.95. The Balaban J connectivity index is 1.82. The number of amidine groups is 1. The van der Waals surface area contributed by atoms with Gasteiger partial charge in [-0.05, 0) is 25.0 Å². The Morgan fingerprint density at radius 1 is 1.52 bits per heavy atom. The summed E-state index contributed by atoms with van der Waals surface area (Å²) in [5.74, 6) is 0.366. The topological polar surface area (TPSA) is 114 Å². The molecule has 23 heavy (non-hydrogen) atoms. The zero-order chi connectivity index (χ0) is 16.6. The fourth-order valence-electron chi connectivity index (χ4n) is 2.95. The number of fused-ring (bicyclic) bond motifs is 1. The highest BCUT2D eigenvalue weighted by Crippen LogP contribution is 2.31. The van der Waals surface area contributed by atoms with E-state index in [9.17, 15) is 13.2 Å². The summed E-state index contributed by atoms with van der Waals surface area (Å²) in [4.78, 5) is 13.4. The summed E-state index contributed by atoms with van der Waals surface area (Å²) in [6.07, 6.45) is 1.83. The van der Waals surface area contributed by atoms with Crippen LogP contribution in [0.2, 0.25) is 0 Å². The quantitative estimate of drug-likeness (QED) is 0.830. The number of rotatable bonds is 3. The SMILES string of the molecule is CC(=O)N1CCCC1COc1cccc2c1C(N)=NS(=O)(=O)N2. The van der Waals surface area contributed by atoms with Crippen LogP contribution in [0.3, 0.4) is 0 Å². The third kappa shape index (κ3) is 3.09. The maximum Gasteiger partial charge on any atom is 0.344 e. The molecule has 8 nitrogen and oxygen atoms in total. The second-order valence-corrected chi connectivity index (χ2v) is 6.89. The zero-order valence-corrected chi connectivity index (χ0v) is 13.5. The van der Waals surface area contributed by atoms with E-state index in [1.807, 2.05) is 0 Å². The summed E-state index contributed by atoms with van der Waals surface area (Å²) < 4.78 is 34.7. The molecule has 0 spiro atoms. The summed E-state index contributed by atoms with van der Waals surface area (Å²) in [6, 6.07) is 4.99. The number of nitrogens with two attached hydrogens (primary N) is 1. The number of hydrogen-bond donors (Lipinski definition) is 2. The van der Waals surface area contributed by atoms with Gasteiger partial charge >= 0.3 is 10.2 Å². The van der Waals surface area contributed by atoms with E-state index >= 15 is 0 Å². The minimum atomic E-state index is -3.81. The molecule has 1 aromatic rings. The molecular formula is C14H18N4O4S. The maximum atomic E-state index is 11.6. The van der Waals surface area contributed by atoms with Crippen LogP contribution in [0.5, 0.6) is 5.75 Å². The number of amides is 1. The molecule has 124 valence electrons. The van der Waals surface area contributed by atoms with Crippen LogP contribution in [0.1, 0.15) is 25.3 Å². The highest BCUT2D eigenvalue weighted by molar-refractivity contribution is 7.91. The van der Waals surface area contributed by atoms with Crippen LogP contribution >= 0.6 is 0 Å². The summed E-state index contributed by atoms with van der Waals surface area (Å²) in [7, 11) is -3.81. The van der Waals surface area contributed by atoms with Gasteiger partial charge in [0.05, 0.1) is 17.3 Å². The Hall–Kier alpha value is -2.29. The Bertz CT molecular complexity index is 775. The lowest BCUT2D eigenvalue weighted by atomic mass is 10.1. The number of ether oxygens (including phenoxy) is 1. The predicted molar refractivity (Wildman–Crippen MR) is 85.6 cm³/mol. The van der Waals surface area contributed by atoms with Crippen molar-refractivity contribution in [1.29, 1.82) is 0 Å². The average molecular weight is 338 g/mol. The largest absolute Gasteiger partial charge is 0.491 e. The average Bonchev–Trinajstić information content (AvgIpc) is 2.91. The van der Waals surface area contributed by atoms with Crippen LogP contribution in [0.25, 0.3) is 0 Å². The Morgan fingerprint density at radius 3 is 3.04 bits per heavy atom. The molecule has 1 aromatic carbocycles. The molecule has 2 aliphatic heterocycles. The second-order valence-electron chi connectivity index (χ2n) is 5.55. The van der Waals surface area contributed by atoms with E-state index in [0.29, 0.717) is 23.6 Å². The van der Waals surface area contributed by atoms with Crippen molar-refractivity contribution in [3.05, 3.63) is 23.8 Å². The Labute approximate surface area is 134 Å². The number of carbonyl (C=O) groups is 1. The molecule has 1 saturated heterocycles.